The molecule has 44 valence electrons. The van der Waals surface area contributed by atoms with Gasteiger partial charge >= 0.3 is 46.3 Å². The Hall–Kier alpha value is 0.468. The van der Waals surface area contributed by atoms with Crippen LogP contribution in [0.25, 0.3) is 0 Å². The molecule has 5 heteroatoms. The van der Waals surface area contributed by atoms with Crippen LogP contribution in [0.15, 0.2) is 0 Å². The van der Waals surface area contributed by atoms with Crippen LogP contribution in [-0.2, 0) is 8.38 Å². The molecule has 0 radical (unpaired) electrons. The molecular formula is C2H7AsO3S. The van der Waals surface area contributed by atoms with E-state index in [4.69, 9.17) is 4.55 Å². The molecule has 0 saturated heterocycles. The molecule has 0 aromatic carbocycles. The number of hydrogen-bond acceptors (Lipinski definition) is 2. The molecule has 0 unspecified atom stereocenters. The zero-order valence-electron chi connectivity index (χ0n) is 4.12. The maximum absolute atomic E-state index is 9.95. The van der Waals surface area contributed by atoms with Crippen molar-refractivity contribution in [2.45, 2.75) is 11.4 Å². The van der Waals surface area contributed by atoms with Crippen LogP contribution in [-0.4, -0.2) is 26.5 Å². The van der Waals surface area contributed by atoms with Crippen molar-refractivity contribution in [2.75, 3.05) is 0 Å². The van der Waals surface area contributed by atoms with Gasteiger partial charge in [0.2, 0.25) is 0 Å². The van der Waals surface area contributed by atoms with Gasteiger partial charge in [0.1, 0.15) is 0 Å². The van der Waals surface area contributed by atoms with Gasteiger partial charge in [-0.3, -0.25) is 0 Å². The maximum atomic E-state index is 9.95. The van der Waals surface area contributed by atoms with E-state index in [2.05, 4.69) is 0 Å². The molecule has 0 aromatic heterocycles. The second-order valence-electron chi connectivity index (χ2n) is 1.26. The summed E-state index contributed by atoms with van der Waals surface area (Å²) >= 11 is -1.89. The monoisotopic (exact) mass is 186 g/mol. The van der Waals surface area contributed by atoms with Gasteiger partial charge < -0.3 is 0 Å². The summed E-state index contributed by atoms with van der Waals surface area (Å²) in [6.45, 7) is 0. The van der Waals surface area contributed by atoms with Crippen molar-refractivity contribution in [1.29, 1.82) is 0 Å². The molecule has 0 heterocycles. The van der Waals surface area contributed by atoms with Gasteiger partial charge in [0.05, 0.1) is 0 Å². The third-order valence-electron chi connectivity index (χ3n) is 0.461. The van der Waals surface area contributed by atoms with Gasteiger partial charge in [-0.05, 0) is 0 Å². The fraction of sp³-hybridized carbons (Fsp3) is 1.00. The van der Waals surface area contributed by atoms with Crippen molar-refractivity contribution in [3.05, 3.63) is 0 Å². The molecule has 0 aromatic rings. The van der Waals surface area contributed by atoms with Crippen LogP contribution < -0.4 is 0 Å². The van der Waals surface area contributed by atoms with E-state index in [0.29, 0.717) is 0 Å². The van der Waals surface area contributed by atoms with Crippen LogP contribution in [0.1, 0.15) is 0 Å². The Bertz CT molecular complexity index is 135. The Balaban J connectivity index is 4.10. The second kappa shape index (κ2) is 2.16. The van der Waals surface area contributed by atoms with Crippen molar-refractivity contribution < 1.29 is 13.0 Å². The van der Waals surface area contributed by atoms with Gasteiger partial charge in [-0.1, -0.05) is 0 Å². The Morgan fingerprint density at radius 3 is 1.57 bits per heavy atom. The van der Waals surface area contributed by atoms with Crippen molar-refractivity contribution >= 4 is 21.9 Å². The van der Waals surface area contributed by atoms with Crippen molar-refractivity contribution in [3.63, 3.8) is 0 Å². The van der Waals surface area contributed by atoms with E-state index in [9.17, 15) is 8.42 Å². The second-order valence-corrected chi connectivity index (χ2v) is 12.3. The van der Waals surface area contributed by atoms with Gasteiger partial charge in [0.25, 0.3) is 0 Å². The van der Waals surface area contributed by atoms with Crippen LogP contribution in [0, 0.1) is 0 Å². The first-order chi connectivity index (χ1) is 2.94. The van der Waals surface area contributed by atoms with Crippen LogP contribution in [0.3, 0.4) is 0 Å². The topological polar surface area (TPSA) is 54.4 Å². The Labute approximate surface area is 46.7 Å². The first kappa shape index (κ1) is 7.47. The predicted octanol–water partition coefficient (Wildman–Crippen LogP) is 0.125. The number of rotatable bonds is 1. The molecular weight excluding hydrogens is 179 g/mol. The summed E-state index contributed by atoms with van der Waals surface area (Å²) in [5, 5.41) is 0. The molecule has 0 saturated carbocycles. The van der Waals surface area contributed by atoms with E-state index < -0.39 is 21.9 Å². The van der Waals surface area contributed by atoms with Crippen molar-refractivity contribution in [3.8, 4) is 0 Å². The Morgan fingerprint density at radius 1 is 1.43 bits per heavy atom. The molecule has 0 spiro atoms. The average molecular weight is 186 g/mol. The summed E-state index contributed by atoms with van der Waals surface area (Å²) < 4.78 is 28.0. The molecule has 0 fully saturated rings. The third-order valence-corrected chi connectivity index (χ3v) is 7.19. The molecule has 0 aliphatic carbocycles. The fourth-order valence-corrected chi connectivity index (χ4v) is 0. The Kier molecular flexibility index (Phi) is 2.30. The summed E-state index contributed by atoms with van der Waals surface area (Å²) in [5.74, 6) is 0. The first-order valence-corrected chi connectivity index (χ1v) is 9.04. The SMILES string of the molecule is C[As](C)S(=O)(=O)O. The summed E-state index contributed by atoms with van der Waals surface area (Å²) in [7, 11) is -3.59. The first-order valence-electron chi connectivity index (χ1n) is 1.59. The molecule has 0 aliphatic rings. The molecule has 0 amide bonds. The van der Waals surface area contributed by atoms with Crippen LogP contribution in [0.4, 0.5) is 0 Å². The quantitative estimate of drug-likeness (QED) is 0.467. The van der Waals surface area contributed by atoms with Crippen molar-refractivity contribution in [1.82, 2.24) is 0 Å². The molecule has 7 heavy (non-hydrogen) atoms. The number of hydrogen-bond donors (Lipinski definition) is 1. The average Bonchev–Trinajstić information content (AvgIpc) is 1.31. The molecule has 0 bridgehead atoms. The van der Waals surface area contributed by atoms with Gasteiger partial charge in [-0.15, -0.1) is 0 Å². The van der Waals surface area contributed by atoms with Gasteiger partial charge in [-0.25, -0.2) is 0 Å². The zero-order valence-corrected chi connectivity index (χ0v) is 6.81. The zero-order chi connectivity index (χ0) is 6.08. The normalized spacial score (nSPS) is 12.6. The minimum atomic E-state index is -3.59. The molecule has 0 atom stereocenters. The van der Waals surface area contributed by atoms with E-state index in [1.807, 2.05) is 0 Å². The van der Waals surface area contributed by atoms with Crippen LogP contribution in [0.2, 0.25) is 11.4 Å². The van der Waals surface area contributed by atoms with Gasteiger partial charge in [-0.2, -0.15) is 0 Å². The predicted molar refractivity (Wildman–Crippen MR) is 29.0 cm³/mol. The summed E-state index contributed by atoms with van der Waals surface area (Å²) in [6.07, 6.45) is 0. The minimum absolute atomic E-state index is 1.56. The van der Waals surface area contributed by atoms with Crippen LogP contribution in [0.5, 0.6) is 0 Å². The fourth-order valence-electron chi connectivity index (χ4n) is 0. The van der Waals surface area contributed by atoms with E-state index in [-0.39, 0.29) is 0 Å². The van der Waals surface area contributed by atoms with E-state index in [0.717, 1.165) is 0 Å². The molecule has 0 rings (SSSR count). The Morgan fingerprint density at radius 2 is 1.57 bits per heavy atom. The van der Waals surface area contributed by atoms with E-state index >= 15 is 0 Å². The summed E-state index contributed by atoms with van der Waals surface area (Å²) in [6, 6.07) is 0. The third kappa shape index (κ3) is 3.09. The van der Waals surface area contributed by atoms with E-state index in [1.165, 1.54) is 0 Å². The molecule has 1 N–H and O–H groups in total. The molecule has 3 nitrogen and oxygen atoms in total. The summed E-state index contributed by atoms with van der Waals surface area (Å²) in [4.78, 5) is 0. The van der Waals surface area contributed by atoms with E-state index in [1.54, 1.807) is 11.4 Å². The summed E-state index contributed by atoms with van der Waals surface area (Å²) in [5.41, 5.74) is 3.12. The van der Waals surface area contributed by atoms with Crippen LogP contribution >= 0.6 is 0 Å². The van der Waals surface area contributed by atoms with Gasteiger partial charge in [0, 0.05) is 0 Å². The van der Waals surface area contributed by atoms with Crippen molar-refractivity contribution in [2.24, 2.45) is 0 Å². The van der Waals surface area contributed by atoms with Gasteiger partial charge in [0.15, 0.2) is 0 Å². The molecule has 0 aliphatic heterocycles. The standard InChI is InChI=1S/C2H7AsO3S/c1-3(2)7(4,5)6/h1-2H3,(H,4,5,6).